The number of halogens is 2. The minimum atomic E-state index is -1.51. The fourth-order valence-electron chi connectivity index (χ4n) is 4.25. The molecule has 1 aliphatic heterocycles. The van der Waals surface area contributed by atoms with E-state index in [0.717, 1.165) is 15.9 Å². The highest BCUT2D eigenvalue weighted by atomic mass is 32.1. The smallest absolute Gasteiger partial charge is 0.337 e. The monoisotopic (exact) mass is 526 g/mol. The van der Waals surface area contributed by atoms with Crippen molar-refractivity contribution in [3.05, 3.63) is 90.8 Å². The van der Waals surface area contributed by atoms with E-state index < -0.39 is 52.9 Å². The van der Waals surface area contributed by atoms with Crippen molar-refractivity contribution >= 4 is 40.8 Å². The van der Waals surface area contributed by atoms with Crippen molar-refractivity contribution in [1.29, 1.82) is 5.41 Å². The predicted molar refractivity (Wildman–Crippen MR) is 135 cm³/mol. The molecule has 1 aliphatic rings. The maximum absolute atomic E-state index is 15.1. The van der Waals surface area contributed by atoms with Crippen molar-refractivity contribution in [2.45, 2.75) is 32.8 Å². The van der Waals surface area contributed by atoms with Gasteiger partial charge in [0.15, 0.2) is 0 Å². The number of carbonyl (C=O) groups is 2. The van der Waals surface area contributed by atoms with Gasteiger partial charge >= 0.3 is 11.9 Å². The lowest BCUT2D eigenvalue weighted by Crippen LogP contribution is -2.50. The van der Waals surface area contributed by atoms with Crippen LogP contribution in [0.4, 0.5) is 8.78 Å². The predicted octanol–water partition coefficient (Wildman–Crippen LogP) is 2.92. The van der Waals surface area contributed by atoms with Crippen molar-refractivity contribution in [3.8, 4) is 0 Å². The molecule has 37 heavy (non-hydrogen) atoms. The van der Waals surface area contributed by atoms with E-state index >= 15 is 4.39 Å². The molecule has 0 amide bonds. The van der Waals surface area contributed by atoms with E-state index in [0.29, 0.717) is 0 Å². The maximum Gasteiger partial charge on any atom is 0.337 e. The number of nitrogens with one attached hydrogen (secondary N) is 1. The summed E-state index contributed by atoms with van der Waals surface area (Å²) in [5.74, 6) is -6.29. The van der Waals surface area contributed by atoms with Gasteiger partial charge in [-0.25, -0.2) is 13.6 Å². The maximum atomic E-state index is 15.1. The van der Waals surface area contributed by atoms with E-state index in [4.69, 9.17) is 14.9 Å². The lowest BCUT2D eigenvalue weighted by molar-refractivity contribution is -0.146. The quantitative estimate of drug-likeness (QED) is 0.498. The van der Waals surface area contributed by atoms with Crippen molar-refractivity contribution in [2.75, 3.05) is 6.61 Å². The van der Waals surface area contributed by atoms with E-state index in [1.54, 1.807) is 32.9 Å². The van der Waals surface area contributed by atoms with Crippen LogP contribution in [-0.2, 0) is 19.1 Å². The molecule has 0 saturated heterocycles. The molecule has 2 aromatic carbocycles. The number of carbonyl (C=O) groups excluding carboxylic acids is 2. The van der Waals surface area contributed by atoms with Crippen LogP contribution in [-0.4, -0.2) is 35.1 Å². The number of aromatic nitrogens is 1. The highest BCUT2D eigenvalue weighted by Crippen LogP contribution is 2.38. The molecule has 0 radical (unpaired) electrons. The second-order valence-electron chi connectivity index (χ2n) is 8.56. The number of ether oxygens (including phenoxy) is 2. The van der Waals surface area contributed by atoms with Crippen LogP contribution in [0, 0.1) is 23.0 Å². The summed E-state index contributed by atoms with van der Waals surface area (Å²) in [6.45, 7) is 4.80. The Morgan fingerprint density at radius 2 is 1.76 bits per heavy atom. The lowest BCUT2D eigenvalue weighted by Gasteiger charge is -2.31. The molecule has 0 spiro atoms. The molecule has 2 atom stereocenters. The first-order valence-corrected chi connectivity index (χ1v) is 12.4. The van der Waals surface area contributed by atoms with Crippen molar-refractivity contribution in [1.82, 2.24) is 4.57 Å². The molecule has 2 unspecified atom stereocenters. The fraction of sp³-hybridized carbons (Fsp3) is 0.259. The van der Waals surface area contributed by atoms with E-state index in [9.17, 15) is 18.8 Å². The van der Waals surface area contributed by atoms with Gasteiger partial charge in [-0.05, 0) is 44.5 Å². The SMILES string of the molecule is CCOC(=O)C1C(=N)n2c(s/c(=C\c3ccccc3F)c2=O)=C(C(=O)OC(C)C)C1c1ccccc1F. The molecule has 192 valence electrons. The van der Waals surface area contributed by atoms with Gasteiger partial charge in [0.05, 0.1) is 22.8 Å². The van der Waals surface area contributed by atoms with E-state index in [1.807, 2.05) is 0 Å². The number of fused-ring (bicyclic) bond motifs is 1. The van der Waals surface area contributed by atoms with Gasteiger partial charge in [0, 0.05) is 11.5 Å². The number of esters is 2. The summed E-state index contributed by atoms with van der Waals surface area (Å²) in [6.07, 6.45) is 0.748. The minimum Gasteiger partial charge on any atom is -0.465 e. The number of hydrogen-bond acceptors (Lipinski definition) is 7. The molecule has 3 aromatic rings. The van der Waals surface area contributed by atoms with Gasteiger partial charge in [0.1, 0.15) is 28.1 Å². The molecule has 0 saturated carbocycles. The summed E-state index contributed by atoms with van der Waals surface area (Å²) in [5, 5.41) is 8.83. The van der Waals surface area contributed by atoms with Crippen LogP contribution in [0.1, 0.15) is 37.8 Å². The number of benzene rings is 2. The fourth-order valence-corrected chi connectivity index (χ4v) is 5.41. The van der Waals surface area contributed by atoms with Crippen molar-refractivity contribution in [2.24, 2.45) is 5.92 Å². The van der Waals surface area contributed by atoms with E-state index in [1.165, 1.54) is 42.5 Å². The highest BCUT2D eigenvalue weighted by Gasteiger charge is 2.46. The third kappa shape index (κ3) is 4.89. The Morgan fingerprint density at radius 3 is 2.38 bits per heavy atom. The van der Waals surface area contributed by atoms with Crippen molar-refractivity contribution in [3.63, 3.8) is 0 Å². The summed E-state index contributed by atoms with van der Waals surface area (Å²) < 4.78 is 41.0. The standard InChI is InChI=1S/C27H24F2N2O5S/c1-4-35-26(33)21-20(16-10-6-8-12-18(16)29)22(27(34)36-14(2)3)25-31(23(21)30)24(32)19(37-25)13-15-9-5-7-11-17(15)28/h5-14,20-21,30H,4H2,1-3H3/b19-13-,30-23?. The molecule has 7 nitrogen and oxygen atoms in total. The van der Waals surface area contributed by atoms with Gasteiger partial charge in [0.2, 0.25) is 0 Å². The number of hydrogen-bond donors (Lipinski definition) is 1. The van der Waals surface area contributed by atoms with Gasteiger partial charge in [-0.2, -0.15) is 0 Å². The van der Waals surface area contributed by atoms with Crippen molar-refractivity contribution < 1.29 is 27.8 Å². The first-order valence-electron chi connectivity index (χ1n) is 11.6. The van der Waals surface area contributed by atoms with Gasteiger partial charge in [-0.3, -0.25) is 19.6 Å². The Morgan fingerprint density at radius 1 is 1.11 bits per heavy atom. The second kappa shape index (κ2) is 10.6. The molecule has 1 aromatic heterocycles. The first kappa shape index (κ1) is 26.2. The molecule has 0 fully saturated rings. The topological polar surface area (TPSA) is 98.5 Å². The van der Waals surface area contributed by atoms with Gasteiger partial charge < -0.3 is 9.47 Å². The summed E-state index contributed by atoms with van der Waals surface area (Å²) in [6, 6.07) is 11.4. The minimum absolute atomic E-state index is 0.0111. The Kier molecular flexibility index (Phi) is 7.49. The zero-order valence-electron chi connectivity index (χ0n) is 20.3. The molecular weight excluding hydrogens is 502 g/mol. The van der Waals surface area contributed by atoms with Crippen LogP contribution in [0.5, 0.6) is 0 Å². The second-order valence-corrected chi connectivity index (χ2v) is 9.59. The highest BCUT2D eigenvalue weighted by molar-refractivity contribution is 7.07. The molecular formula is C27H24F2N2O5S. The number of nitrogens with zero attached hydrogens (tertiary/aromatic N) is 1. The summed E-state index contributed by atoms with van der Waals surface area (Å²) in [4.78, 5) is 40.0. The molecule has 1 N–H and O–H groups in total. The van der Waals surface area contributed by atoms with E-state index in [-0.39, 0.29) is 32.5 Å². The van der Waals surface area contributed by atoms with Crippen LogP contribution in [0.15, 0.2) is 53.3 Å². The Labute approximate surface area is 214 Å². The van der Waals surface area contributed by atoms with Crippen LogP contribution in [0.2, 0.25) is 0 Å². The Balaban J connectivity index is 2.12. The summed E-state index contributed by atoms with van der Waals surface area (Å²) >= 11 is 0.839. The molecule has 4 rings (SSSR count). The first-order chi connectivity index (χ1) is 17.6. The Hall–Kier alpha value is -3.92. The third-order valence-electron chi connectivity index (χ3n) is 5.77. The van der Waals surface area contributed by atoms with E-state index in [2.05, 4.69) is 0 Å². The normalized spacial score (nSPS) is 17.6. The van der Waals surface area contributed by atoms with Crippen LogP contribution >= 0.6 is 11.3 Å². The van der Waals surface area contributed by atoms with Crippen LogP contribution in [0.25, 0.3) is 11.6 Å². The largest absolute Gasteiger partial charge is 0.465 e. The molecule has 10 heteroatoms. The third-order valence-corrected chi connectivity index (χ3v) is 6.88. The Bertz CT molecular complexity index is 1570. The van der Waals surface area contributed by atoms with Gasteiger partial charge in [-0.1, -0.05) is 36.4 Å². The number of thiazole rings is 1. The average Bonchev–Trinajstić information content (AvgIpc) is 3.16. The summed E-state index contributed by atoms with van der Waals surface area (Å²) in [7, 11) is 0. The molecule has 0 bridgehead atoms. The van der Waals surface area contributed by atoms with Gasteiger partial charge in [0.25, 0.3) is 5.56 Å². The molecule has 2 heterocycles. The zero-order chi connectivity index (χ0) is 26.9. The van der Waals surface area contributed by atoms with Crippen LogP contribution < -0.4 is 14.8 Å². The van der Waals surface area contributed by atoms with Crippen LogP contribution in [0.3, 0.4) is 0 Å². The number of rotatable bonds is 6. The molecule has 0 aliphatic carbocycles. The zero-order valence-corrected chi connectivity index (χ0v) is 21.1. The summed E-state index contributed by atoms with van der Waals surface area (Å²) in [5.41, 5.74) is -0.760. The lowest BCUT2D eigenvalue weighted by atomic mass is 9.78. The average molecular weight is 527 g/mol. The van der Waals surface area contributed by atoms with Gasteiger partial charge in [-0.15, -0.1) is 11.3 Å².